The zero-order valence-corrected chi connectivity index (χ0v) is 22.7. The van der Waals surface area contributed by atoms with Crippen molar-refractivity contribution in [3.8, 4) is 0 Å². The van der Waals surface area contributed by atoms with E-state index in [1.807, 2.05) is 30.3 Å². The van der Waals surface area contributed by atoms with E-state index in [1.54, 1.807) is 6.92 Å². The van der Waals surface area contributed by atoms with Gasteiger partial charge < -0.3 is 47.5 Å². The van der Waals surface area contributed by atoms with E-state index in [0.717, 1.165) is 10.5 Å². The number of likely N-dealkylation sites (N-methyl/N-ethyl adjacent to an activating group) is 1. The summed E-state index contributed by atoms with van der Waals surface area (Å²) in [4.78, 5) is 37.4. The molecule has 4 rings (SSSR count). The Labute approximate surface area is 236 Å². The molecule has 0 bridgehead atoms. The number of nitrogen functional groups attached to an aromatic ring is 1. The number of carbonyl (C=O) groups excluding carboxylic acids is 2. The molecule has 41 heavy (non-hydrogen) atoms. The van der Waals surface area contributed by atoms with E-state index in [-0.39, 0.29) is 47.9 Å². The molecule has 15 heteroatoms. The minimum atomic E-state index is -1.51. The molecule has 3 heterocycles. The molecule has 1 aliphatic rings. The summed E-state index contributed by atoms with van der Waals surface area (Å²) >= 11 is 0. The maximum absolute atomic E-state index is 11.9. The maximum atomic E-state index is 11.9. The molecule has 1 aliphatic heterocycles. The van der Waals surface area contributed by atoms with Gasteiger partial charge in [0.15, 0.2) is 23.9 Å². The lowest BCUT2D eigenvalue weighted by Gasteiger charge is -2.28. The summed E-state index contributed by atoms with van der Waals surface area (Å²) in [5.41, 5.74) is 19.1. The van der Waals surface area contributed by atoms with Crippen LogP contribution < -0.4 is 22.5 Å². The van der Waals surface area contributed by atoms with Crippen LogP contribution in [0.15, 0.2) is 36.7 Å². The number of primary amides is 1. The molecule has 0 aliphatic carbocycles. The van der Waals surface area contributed by atoms with Crippen molar-refractivity contribution in [2.75, 3.05) is 24.1 Å². The molecule has 222 valence electrons. The average Bonchev–Trinajstić information content (AvgIpc) is 3.50. The fourth-order valence-electron chi connectivity index (χ4n) is 5.15. The average molecular weight is 572 g/mol. The predicted molar refractivity (Wildman–Crippen MR) is 149 cm³/mol. The van der Waals surface area contributed by atoms with Gasteiger partial charge in [-0.05, 0) is 37.8 Å². The largest absolute Gasteiger partial charge is 0.387 e. The Bertz CT molecular complexity index is 1330. The van der Waals surface area contributed by atoms with Crippen molar-refractivity contribution in [1.82, 2.24) is 24.4 Å². The molecule has 3 aromatic rings. The van der Waals surface area contributed by atoms with E-state index >= 15 is 0 Å². The first-order valence-electron chi connectivity index (χ1n) is 13.4. The second kappa shape index (κ2) is 13.2. The van der Waals surface area contributed by atoms with Crippen molar-refractivity contribution in [3.63, 3.8) is 0 Å². The Morgan fingerprint density at radius 1 is 1.24 bits per heavy atom. The lowest BCUT2D eigenvalue weighted by Crippen LogP contribution is -2.48. The third kappa shape index (κ3) is 6.55. The number of nitrogens with one attached hydrogen (secondary N) is 1. The van der Waals surface area contributed by atoms with E-state index < -0.39 is 36.7 Å². The molecule has 0 radical (unpaired) electrons. The zero-order valence-electron chi connectivity index (χ0n) is 22.7. The number of rotatable bonds is 14. The second-order valence-electron chi connectivity index (χ2n) is 10.0. The number of carbonyl (C=O) groups is 2. The van der Waals surface area contributed by atoms with E-state index in [9.17, 15) is 24.9 Å². The van der Waals surface area contributed by atoms with Gasteiger partial charge in [0.2, 0.25) is 18.3 Å². The van der Waals surface area contributed by atoms with Gasteiger partial charge in [0.05, 0.1) is 6.33 Å². The minimum Gasteiger partial charge on any atom is -0.387 e. The van der Waals surface area contributed by atoms with Crippen LogP contribution in [0.1, 0.15) is 31.6 Å². The Kier molecular flexibility index (Phi) is 9.67. The fraction of sp³-hybridized carbons (Fsp3) is 0.500. The van der Waals surface area contributed by atoms with Gasteiger partial charge in [-0.1, -0.05) is 30.3 Å². The van der Waals surface area contributed by atoms with Crippen LogP contribution in [-0.2, 0) is 20.7 Å². The number of ether oxygens (including phenoxy) is 1. The van der Waals surface area contributed by atoms with Crippen LogP contribution in [0, 0.1) is 5.92 Å². The summed E-state index contributed by atoms with van der Waals surface area (Å²) in [6, 6.07) is 9.32. The topological polar surface area (TPSA) is 241 Å². The quantitative estimate of drug-likeness (QED) is 0.0881. The smallest absolute Gasteiger partial charge is 0.227 e. The van der Waals surface area contributed by atoms with Crippen molar-refractivity contribution in [2.45, 2.75) is 63.0 Å². The highest BCUT2D eigenvalue weighted by atomic mass is 16.6. The van der Waals surface area contributed by atoms with Crippen molar-refractivity contribution < 1.29 is 29.6 Å². The van der Waals surface area contributed by atoms with Gasteiger partial charge in [0.1, 0.15) is 23.8 Å². The van der Waals surface area contributed by atoms with Crippen LogP contribution in [0.25, 0.3) is 11.2 Å². The van der Waals surface area contributed by atoms with Gasteiger partial charge in [-0.3, -0.25) is 14.2 Å². The molecule has 10 N–H and O–H groups in total. The van der Waals surface area contributed by atoms with Gasteiger partial charge in [-0.2, -0.15) is 9.97 Å². The first-order valence-corrected chi connectivity index (χ1v) is 13.4. The number of hydrogen-bond donors (Lipinski definition) is 7. The molecule has 7 atom stereocenters. The summed E-state index contributed by atoms with van der Waals surface area (Å²) in [6.07, 6.45) is -4.11. The zero-order chi connectivity index (χ0) is 29.7. The third-order valence-corrected chi connectivity index (χ3v) is 7.31. The number of hydrogen-bond acceptors (Lipinski definition) is 12. The number of nitrogens with zero attached hydrogens (tertiary/aromatic N) is 5. The number of amides is 2. The minimum absolute atomic E-state index is 0.0442. The van der Waals surface area contributed by atoms with Crippen LogP contribution in [0.2, 0.25) is 0 Å². The molecule has 2 aromatic heterocycles. The van der Waals surface area contributed by atoms with Crippen molar-refractivity contribution >= 4 is 35.2 Å². The molecule has 2 amide bonds. The fourth-order valence-corrected chi connectivity index (χ4v) is 5.15. The summed E-state index contributed by atoms with van der Waals surface area (Å²) in [6.45, 7) is 2.15. The lowest BCUT2D eigenvalue weighted by molar-refractivity contribution is -0.152. The highest BCUT2D eigenvalue weighted by Gasteiger charge is 2.48. The van der Waals surface area contributed by atoms with Crippen LogP contribution in [0.5, 0.6) is 0 Å². The van der Waals surface area contributed by atoms with Crippen LogP contribution in [0.3, 0.4) is 0 Å². The first kappa shape index (κ1) is 30.1. The number of imidazole rings is 1. The molecule has 1 aromatic carbocycles. The van der Waals surface area contributed by atoms with E-state index in [4.69, 9.17) is 21.9 Å². The Balaban J connectivity index is 1.67. The number of fused-ring (bicyclic) bond motifs is 1. The maximum Gasteiger partial charge on any atom is 0.227 e. The number of benzene rings is 1. The van der Waals surface area contributed by atoms with Crippen LogP contribution >= 0.6 is 0 Å². The molecule has 0 saturated carbocycles. The number of anilines is 2. The number of aromatic nitrogens is 4. The van der Waals surface area contributed by atoms with Gasteiger partial charge in [-0.25, -0.2) is 4.98 Å². The van der Waals surface area contributed by atoms with Crippen molar-refractivity contribution in [3.05, 3.63) is 42.2 Å². The van der Waals surface area contributed by atoms with Gasteiger partial charge in [0.25, 0.3) is 0 Å². The number of aliphatic hydroxyl groups excluding tert-OH is 3. The number of nitrogens with two attached hydrogens (primary N) is 3. The number of aliphatic hydroxyl groups is 3. The second-order valence-corrected chi connectivity index (χ2v) is 10.0. The highest BCUT2D eigenvalue weighted by Crippen LogP contribution is 2.34. The molecule has 0 spiro atoms. The Hall–Kier alpha value is -3.89. The molecule has 1 fully saturated rings. The molecule has 1 saturated heterocycles. The monoisotopic (exact) mass is 571 g/mol. The van der Waals surface area contributed by atoms with Gasteiger partial charge in [0, 0.05) is 19.0 Å². The van der Waals surface area contributed by atoms with E-state index in [2.05, 4.69) is 20.3 Å². The Morgan fingerprint density at radius 2 is 1.98 bits per heavy atom. The Morgan fingerprint density at radius 3 is 2.61 bits per heavy atom. The summed E-state index contributed by atoms with van der Waals surface area (Å²) in [5, 5.41) is 35.3. The normalized spacial score (nSPS) is 22.8. The third-order valence-electron chi connectivity index (χ3n) is 7.31. The van der Waals surface area contributed by atoms with E-state index in [0.29, 0.717) is 25.8 Å². The van der Waals surface area contributed by atoms with Crippen LogP contribution in [-0.4, -0.2) is 95.7 Å². The highest BCUT2D eigenvalue weighted by molar-refractivity contribution is 5.83. The SMILES string of the molecule is CCN(C=O)C(O)[C@H]1O[C@@H](n2cnc3c(N)nc(NC(Cc4ccccc4)C(CCN)CC(N)=O)nc32)[C@H](O)[C@@H]1O. The first-order chi connectivity index (χ1) is 19.7. The van der Waals surface area contributed by atoms with E-state index in [1.165, 1.54) is 10.9 Å². The molecule has 15 nitrogen and oxygen atoms in total. The molecular formula is C26H37N9O6. The summed E-state index contributed by atoms with van der Waals surface area (Å²) in [5.74, 6) is -0.523. The molecule has 3 unspecified atom stereocenters. The summed E-state index contributed by atoms with van der Waals surface area (Å²) in [7, 11) is 0. The predicted octanol–water partition coefficient (Wildman–Crippen LogP) is -1.31. The van der Waals surface area contributed by atoms with Gasteiger partial charge in [-0.15, -0.1) is 0 Å². The van der Waals surface area contributed by atoms with Crippen molar-refractivity contribution in [2.24, 2.45) is 17.4 Å². The van der Waals surface area contributed by atoms with Gasteiger partial charge >= 0.3 is 0 Å². The summed E-state index contributed by atoms with van der Waals surface area (Å²) < 4.78 is 7.20. The lowest BCUT2D eigenvalue weighted by atomic mass is 9.88. The standard InChI is InChI=1S/C26H37N9O6/c1-2-34(13-36)24(40)21-19(38)20(39)25(41-21)35-12-30-18-22(29)32-26(33-23(18)35)31-16(10-14-6-4-3-5-7-14)15(8-9-27)11-17(28)37/h3-7,12-13,15-16,19-21,24-25,38-40H,2,8-11,27H2,1H3,(H2,28,37)(H3,29,31,32,33)/t15?,16?,19-,20+,21-,24?,25+/m0/s1. The molecular weight excluding hydrogens is 534 g/mol. The van der Waals surface area contributed by atoms with Crippen LogP contribution in [0.4, 0.5) is 11.8 Å². The van der Waals surface area contributed by atoms with Crippen molar-refractivity contribution in [1.29, 1.82) is 0 Å².